The molecule has 4 nitrogen and oxygen atoms in total. The molecule has 0 radical (unpaired) electrons. The summed E-state index contributed by atoms with van der Waals surface area (Å²) in [5, 5.41) is 2.98. The largest absolute Gasteiger partial charge is 0.379 e. The van der Waals surface area contributed by atoms with Crippen LogP contribution < -0.4 is 11.1 Å². The van der Waals surface area contributed by atoms with Gasteiger partial charge in [-0.2, -0.15) is 11.8 Å². The maximum absolute atomic E-state index is 11.7. The Kier molecular flexibility index (Phi) is 3.88. The fourth-order valence-corrected chi connectivity index (χ4v) is 3.25. The Hall–Kier alpha value is -0.260. The predicted octanol–water partition coefficient (Wildman–Crippen LogP) is -0.171. The molecule has 2 aliphatic heterocycles. The molecule has 1 amide bonds. The Labute approximate surface area is 94.3 Å². The molecule has 2 heterocycles. The molecule has 0 spiro atoms. The SMILES string of the molecule is NC1COCC1C(=O)NCC1CCSC1. The molecule has 0 bridgehead atoms. The van der Waals surface area contributed by atoms with Crippen molar-refractivity contribution in [2.45, 2.75) is 12.5 Å². The first-order valence-corrected chi connectivity index (χ1v) is 6.61. The molecular formula is C10H18N2O2S. The van der Waals surface area contributed by atoms with Gasteiger partial charge in [0.2, 0.25) is 5.91 Å². The minimum atomic E-state index is -0.140. The Bertz CT molecular complexity index is 231. The van der Waals surface area contributed by atoms with Crippen LogP contribution in [0.3, 0.4) is 0 Å². The van der Waals surface area contributed by atoms with E-state index in [1.165, 1.54) is 17.9 Å². The van der Waals surface area contributed by atoms with Crippen LogP contribution in [0.25, 0.3) is 0 Å². The van der Waals surface area contributed by atoms with Crippen LogP contribution >= 0.6 is 11.8 Å². The fraction of sp³-hybridized carbons (Fsp3) is 0.900. The fourth-order valence-electron chi connectivity index (χ4n) is 1.96. The molecule has 3 N–H and O–H groups in total. The van der Waals surface area contributed by atoms with Crippen molar-refractivity contribution in [3.8, 4) is 0 Å². The van der Waals surface area contributed by atoms with Crippen molar-refractivity contribution in [1.82, 2.24) is 5.32 Å². The number of carbonyl (C=O) groups is 1. The van der Waals surface area contributed by atoms with Gasteiger partial charge in [0.25, 0.3) is 0 Å². The molecule has 0 saturated carbocycles. The van der Waals surface area contributed by atoms with Crippen LogP contribution in [0.4, 0.5) is 0 Å². The van der Waals surface area contributed by atoms with Crippen LogP contribution in [0, 0.1) is 11.8 Å². The van der Waals surface area contributed by atoms with Crippen molar-refractivity contribution >= 4 is 17.7 Å². The van der Waals surface area contributed by atoms with Crippen molar-refractivity contribution in [2.75, 3.05) is 31.3 Å². The van der Waals surface area contributed by atoms with Gasteiger partial charge in [0.1, 0.15) is 0 Å². The number of carbonyl (C=O) groups excluding carboxylic acids is 1. The Morgan fingerprint density at radius 1 is 1.53 bits per heavy atom. The Balaban J connectivity index is 1.71. The third-order valence-electron chi connectivity index (χ3n) is 3.05. The molecule has 0 aromatic rings. The normalized spacial score (nSPS) is 35.7. The van der Waals surface area contributed by atoms with Crippen molar-refractivity contribution in [3.05, 3.63) is 0 Å². The Morgan fingerprint density at radius 3 is 3.00 bits per heavy atom. The second-order valence-corrected chi connectivity index (χ2v) is 5.43. The van der Waals surface area contributed by atoms with Crippen LogP contribution in [-0.4, -0.2) is 43.2 Å². The maximum Gasteiger partial charge on any atom is 0.227 e. The molecule has 2 fully saturated rings. The lowest BCUT2D eigenvalue weighted by Crippen LogP contribution is -2.42. The minimum Gasteiger partial charge on any atom is -0.379 e. The highest BCUT2D eigenvalue weighted by molar-refractivity contribution is 7.99. The van der Waals surface area contributed by atoms with E-state index in [2.05, 4.69) is 5.32 Å². The number of nitrogens with one attached hydrogen (secondary N) is 1. The summed E-state index contributed by atoms with van der Waals surface area (Å²) in [6.45, 7) is 1.79. The first-order chi connectivity index (χ1) is 7.27. The number of rotatable bonds is 3. The number of ether oxygens (including phenoxy) is 1. The van der Waals surface area contributed by atoms with Crippen molar-refractivity contribution in [2.24, 2.45) is 17.6 Å². The lowest BCUT2D eigenvalue weighted by Gasteiger charge is -2.15. The van der Waals surface area contributed by atoms with E-state index in [0.29, 0.717) is 19.1 Å². The van der Waals surface area contributed by atoms with Crippen LogP contribution in [0.5, 0.6) is 0 Å². The molecule has 2 saturated heterocycles. The van der Waals surface area contributed by atoms with E-state index in [1.807, 2.05) is 11.8 Å². The molecule has 2 rings (SSSR count). The highest BCUT2D eigenvalue weighted by Crippen LogP contribution is 2.22. The summed E-state index contributed by atoms with van der Waals surface area (Å²) in [6.07, 6.45) is 1.22. The van der Waals surface area contributed by atoms with Crippen LogP contribution in [0.2, 0.25) is 0 Å². The van der Waals surface area contributed by atoms with E-state index in [4.69, 9.17) is 10.5 Å². The predicted molar refractivity (Wildman–Crippen MR) is 60.7 cm³/mol. The smallest absolute Gasteiger partial charge is 0.227 e. The van der Waals surface area contributed by atoms with E-state index < -0.39 is 0 Å². The van der Waals surface area contributed by atoms with Crippen molar-refractivity contribution < 1.29 is 9.53 Å². The van der Waals surface area contributed by atoms with Crippen LogP contribution in [0.15, 0.2) is 0 Å². The summed E-state index contributed by atoms with van der Waals surface area (Å²) in [7, 11) is 0. The number of hydrogen-bond acceptors (Lipinski definition) is 4. The zero-order valence-electron chi connectivity index (χ0n) is 8.78. The molecule has 0 aromatic heterocycles. The van der Waals surface area contributed by atoms with E-state index in [1.54, 1.807) is 0 Å². The number of hydrogen-bond donors (Lipinski definition) is 2. The van der Waals surface area contributed by atoms with Gasteiger partial charge in [0, 0.05) is 12.6 Å². The topological polar surface area (TPSA) is 64.3 Å². The van der Waals surface area contributed by atoms with Gasteiger partial charge in [-0.1, -0.05) is 0 Å². The van der Waals surface area contributed by atoms with Crippen molar-refractivity contribution in [3.63, 3.8) is 0 Å². The molecule has 15 heavy (non-hydrogen) atoms. The molecule has 86 valence electrons. The molecular weight excluding hydrogens is 212 g/mol. The molecule has 3 atom stereocenters. The highest BCUT2D eigenvalue weighted by atomic mass is 32.2. The van der Waals surface area contributed by atoms with Gasteiger partial charge < -0.3 is 15.8 Å². The number of thioether (sulfide) groups is 1. The highest BCUT2D eigenvalue weighted by Gasteiger charge is 2.31. The van der Waals surface area contributed by atoms with Gasteiger partial charge in [0.15, 0.2) is 0 Å². The van der Waals surface area contributed by atoms with E-state index in [9.17, 15) is 4.79 Å². The lowest BCUT2D eigenvalue weighted by atomic mass is 10.0. The summed E-state index contributed by atoms with van der Waals surface area (Å²) in [5.74, 6) is 2.98. The molecule has 3 unspecified atom stereocenters. The minimum absolute atomic E-state index is 0.0666. The van der Waals surface area contributed by atoms with Gasteiger partial charge in [0.05, 0.1) is 19.1 Å². The summed E-state index contributed by atoms with van der Waals surface area (Å²) >= 11 is 1.97. The zero-order valence-corrected chi connectivity index (χ0v) is 9.59. The summed E-state index contributed by atoms with van der Waals surface area (Å²) in [6, 6.07) is -0.122. The van der Waals surface area contributed by atoms with Gasteiger partial charge in [-0.25, -0.2) is 0 Å². The van der Waals surface area contributed by atoms with Crippen LogP contribution in [0.1, 0.15) is 6.42 Å². The first kappa shape index (κ1) is 11.2. The molecule has 0 aliphatic carbocycles. The van der Waals surface area contributed by atoms with Gasteiger partial charge in [-0.15, -0.1) is 0 Å². The monoisotopic (exact) mass is 230 g/mol. The summed E-state index contributed by atoms with van der Waals surface area (Å²) < 4.78 is 5.17. The van der Waals surface area contributed by atoms with Crippen molar-refractivity contribution in [1.29, 1.82) is 0 Å². The standard InChI is InChI=1S/C10H18N2O2S/c11-9-5-14-4-8(9)10(13)12-3-7-1-2-15-6-7/h7-9H,1-6,11H2,(H,12,13). The van der Waals surface area contributed by atoms with Crippen LogP contribution in [-0.2, 0) is 9.53 Å². The summed E-state index contributed by atoms with van der Waals surface area (Å²) in [4.78, 5) is 11.7. The zero-order chi connectivity index (χ0) is 10.7. The average molecular weight is 230 g/mol. The van der Waals surface area contributed by atoms with E-state index >= 15 is 0 Å². The third kappa shape index (κ3) is 2.86. The van der Waals surface area contributed by atoms with Gasteiger partial charge in [-0.05, 0) is 23.8 Å². The number of amides is 1. The Morgan fingerprint density at radius 2 is 2.40 bits per heavy atom. The second kappa shape index (κ2) is 5.18. The quantitative estimate of drug-likeness (QED) is 0.706. The second-order valence-electron chi connectivity index (χ2n) is 4.28. The first-order valence-electron chi connectivity index (χ1n) is 5.46. The molecule has 2 aliphatic rings. The molecule has 0 aromatic carbocycles. The van der Waals surface area contributed by atoms with Gasteiger partial charge >= 0.3 is 0 Å². The van der Waals surface area contributed by atoms with E-state index in [-0.39, 0.29) is 17.9 Å². The number of nitrogens with two attached hydrogens (primary N) is 1. The molecule has 5 heteroatoms. The average Bonchev–Trinajstić information content (AvgIpc) is 2.84. The third-order valence-corrected chi connectivity index (χ3v) is 4.28. The lowest BCUT2D eigenvalue weighted by molar-refractivity contribution is -0.125. The summed E-state index contributed by atoms with van der Waals surface area (Å²) in [5.41, 5.74) is 5.77. The van der Waals surface area contributed by atoms with Gasteiger partial charge in [-0.3, -0.25) is 4.79 Å². The van der Waals surface area contributed by atoms with E-state index in [0.717, 1.165) is 6.54 Å². The maximum atomic E-state index is 11.7.